The molecule has 2 aliphatic rings. The SMILES string of the molecule is O=C(O)CCC1=C2C=NC=C[N+]2(Cl)C(I)=N1. The van der Waals surface area contributed by atoms with Crippen LogP contribution in [0.5, 0.6) is 0 Å². The molecule has 0 aromatic heterocycles. The van der Waals surface area contributed by atoms with E-state index in [-0.39, 0.29) is 10.4 Å². The van der Waals surface area contributed by atoms with Gasteiger partial charge in [-0.2, -0.15) is 4.99 Å². The summed E-state index contributed by atoms with van der Waals surface area (Å²) in [6, 6.07) is 0. The summed E-state index contributed by atoms with van der Waals surface area (Å²) in [5.41, 5.74) is 1.42. The van der Waals surface area contributed by atoms with Crippen molar-refractivity contribution in [1.29, 1.82) is 0 Å². The third-order valence-corrected chi connectivity index (χ3v) is 4.01. The average molecular weight is 353 g/mol. The molecule has 0 radical (unpaired) electrons. The van der Waals surface area contributed by atoms with Crippen molar-refractivity contribution in [2.24, 2.45) is 9.98 Å². The zero-order chi connectivity index (χ0) is 11.8. The smallest absolute Gasteiger partial charge is 0.303 e. The van der Waals surface area contributed by atoms with E-state index in [1.54, 1.807) is 18.6 Å². The average Bonchev–Trinajstić information content (AvgIpc) is 2.49. The van der Waals surface area contributed by atoms with Gasteiger partial charge in [-0.1, -0.05) is 0 Å². The molecule has 7 heteroatoms. The van der Waals surface area contributed by atoms with E-state index in [4.69, 9.17) is 16.9 Å². The highest BCUT2D eigenvalue weighted by Crippen LogP contribution is 2.38. The number of fused-ring (bicyclic) bond motifs is 1. The Hall–Kier alpha value is -0.730. The zero-order valence-electron chi connectivity index (χ0n) is 8.10. The molecule has 2 heterocycles. The van der Waals surface area contributed by atoms with Gasteiger partial charge in [-0.3, -0.25) is 9.79 Å². The number of hydrogen-bond donors (Lipinski definition) is 1. The maximum absolute atomic E-state index is 10.5. The van der Waals surface area contributed by atoms with Gasteiger partial charge < -0.3 is 5.11 Å². The van der Waals surface area contributed by atoms with Crippen LogP contribution in [-0.4, -0.2) is 25.1 Å². The van der Waals surface area contributed by atoms with Crippen LogP contribution >= 0.6 is 34.4 Å². The predicted molar refractivity (Wildman–Crippen MR) is 69.1 cm³/mol. The summed E-state index contributed by atoms with van der Waals surface area (Å²) in [7, 11) is 0. The molecule has 0 aromatic carbocycles. The molecule has 0 saturated heterocycles. The number of amidine groups is 1. The Labute approximate surface area is 111 Å². The van der Waals surface area contributed by atoms with Crippen molar-refractivity contribution in [3.63, 3.8) is 0 Å². The van der Waals surface area contributed by atoms with Crippen molar-refractivity contribution in [2.75, 3.05) is 0 Å². The van der Waals surface area contributed by atoms with Crippen LogP contribution in [0.15, 0.2) is 33.8 Å². The molecular weight excluding hydrogens is 344 g/mol. The molecule has 0 aliphatic carbocycles. The first-order valence-corrected chi connectivity index (χ1v) is 5.95. The van der Waals surface area contributed by atoms with Gasteiger partial charge in [0.25, 0.3) is 3.84 Å². The number of rotatable bonds is 3. The lowest BCUT2D eigenvalue weighted by Gasteiger charge is -2.19. The topological polar surface area (TPSA) is 62.0 Å². The van der Waals surface area contributed by atoms with E-state index in [9.17, 15) is 4.79 Å². The van der Waals surface area contributed by atoms with Crippen LogP contribution in [0.4, 0.5) is 0 Å². The summed E-state index contributed by atoms with van der Waals surface area (Å²) in [6.45, 7) is 0. The van der Waals surface area contributed by atoms with E-state index < -0.39 is 5.97 Å². The maximum Gasteiger partial charge on any atom is 0.303 e. The third kappa shape index (κ3) is 1.92. The van der Waals surface area contributed by atoms with Gasteiger partial charge >= 0.3 is 5.97 Å². The second kappa shape index (κ2) is 4.27. The molecule has 1 atom stereocenters. The lowest BCUT2D eigenvalue weighted by Crippen LogP contribution is -2.33. The Kier molecular flexibility index (Phi) is 3.13. The minimum absolute atomic E-state index is 0.0288. The van der Waals surface area contributed by atoms with E-state index >= 15 is 0 Å². The molecule has 1 N–H and O–H groups in total. The highest BCUT2D eigenvalue weighted by Gasteiger charge is 2.43. The summed E-state index contributed by atoms with van der Waals surface area (Å²) in [5.74, 6) is -0.846. The molecule has 0 bridgehead atoms. The van der Waals surface area contributed by atoms with Crippen molar-refractivity contribution < 1.29 is 13.9 Å². The quantitative estimate of drug-likeness (QED) is 0.482. The van der Waals surface area contributed by atoms with Crippen LogP contribution in [0.3, 0.4) is 0 Å². The van der Waals surface area contributed by atoms with Crippen LogP contribution in [0.25, 0.3) is 0 Å². The number of quaternary nitrogens is 1. The van der Waals surface area contributed by atoms with Crippen molar-refractivity contribution >= 4 is 50.4 Å². The van der Waals surface area contributed by atoms with Gasteiger partial charge in [0.15, 0.2) is 11.8 Å². The minimum atomic E-state index is -0.846. The molecule has 2 aliphatic heterocycles. The van der Waals surface area contributed by atoms with Crippen molar-refractivity contribution in [3.8, 4) is 0 Å². The number of aliphatic imine (C=N–C) groups is 2. The number of carbonyl (C=O) groups is 1. The molecule has 0 aromatic rings. The summed E-state index contributed by atoms with van der Waals surface area (Å²) >= 11 is 8.39. The highest BCUT2D eigenvalue weighted by molar-refractivity contribution is 14.1. The summed E-state index contributed by atoms with van der Waals surface area (Å²) in [6.07, 6.45) is 5.34. The third-order valence-electron chi connectivity index (χ3n) is 2.27. The number of carboxylic acid groups (broad SMARTS) is 1. The maximum atomic E-state index is 10.5. The number of allylic oxidation sites excluding steroid dienone is 2. The largest absolute Gasteiger partial charge is 0.481 e. The number of carboxylic acids is 1. The van der Waals surface area contributed by atoms with Crippen LogP contribution in [-0.2, 0) is 4.79 Å². The molecule has 84 valence electrons. The standard InChI is InChI=1S/C9H7ClIN3O2/c10-14-4-3-12-5-7(14)6(13-9(14)11)1-2-8(15)16/h3-5H,1-2H2/p+1. The van der Waals surface area contributed by atoms with Crippen LogP contribution in [0.2, 0.25) is 0 Å². The molecule has 1 unspecified atom stereocenters. The molecule has 0 fully saturated rings. The Morgan fingerprint density at radius 2 is 2.38 bits per heavy atom. The molecule has 16 heavy (non-hydrogen) atoms. The van der Waals surface area contributed by atoms with E-state index in [0.717, 1.165) is 5.70 Å². The lowest BCUT2D eigenvalue weighted by atomic mass is 10.2. The molecule has 2 rings (SSSR count). The summed E-state index contributed by atoms with van der Waals surface area (Å²) in [4.78, 5) is 18.8. The number of hydrogen-bond acceptors (Lipinski definition) is 3. The number of aliphatic carboxylic acids is 1. The fourth-order valence-corrected chi connectivity index (χ4v) is 2.42. The van der Waals surface area contributed by atoms with E-state index in [0.29, 0.717) is 16.0 Å². The normalized spacial score (nSPS) is 27.0. The van der Waals surface area contributed by atoms with Crippen LogP contribution in [0, 0.1) is 0 Å². The van der Waals surface area contributed by atoms with Gasteiger partial charge in [-0.05, 0) is 0 Å². The fraction of sp³-hybridized carbons (Fsp3) is 0.222. The van der Waals surface area contributed by atoms with Gasteiger partial charge in [-0.15, -0.1) is 4.00 Å². The molecule has 0 saturated carbocycles. The Morgan fingerprint density at radius 1 is 1.62 bits per heavy atom. The predicted octanol–water partition coefficient (Wildman–Crippen LogP) is 2.39. The number of halogens is 2. The van der Waals surface area contributed by atoms with Crippen LogP contribution in [0.1, 0.15) is 12.8 Å². The monoisotopic (exact) mass is 352 g/mol. The highest BCUT2D eigenvalue weighted by atomic mass is 127. The Bertz CT molecular complexity index is 469. The minimum Gasteiger partial charge on any atom is -0.481 e. The Balaban J connectivity index is 2.30. The van der Waals surface area contributed by atoms with Crippen molar-refractivity contribution in [3.05, 3.63) is 23.8 Å². The molecule has 0 spiro atoms. The van der Waals surface area contributed by atoms with Crippen molar-refractivity contribution in [2.45, 2.75) is 12.8 Å². The first kappa shape index (κ1) is 11.7. The number of nitrogens with zero attached hydrogens (tertiary/aromatic N) is 3. The zero-order valence-corrected chi connectivity index (χ0v) is 11.0. The molecular formula is C9H8ClIN3O2+. The van der Waals surface area contributed by atoms with Gasteiger partial charge in [0.1, 0.15) is 11.9 Å². The molecule has 0 amide bonds. The van der Waals surface area contributed by atoms with Crippen LogP contribution < -0.4 is 0 Å². The fourth-order valence-electron chi connectivity index (χ4n) is 1.48. The van der Waals surface area contributed by atoms with Gasteiger partial charge in [-0.25, -0.2) is 0 Å². The first-order valence-electron chi connectivity index (χ1n) is 4.53. The van der Waals surface area contributed by atoms with Gasteiger partial charge in [0, 0.05) is 6.42 Å². The lowest BCUT2D eigenvalue weighted by molar-refractivity contribution is -0.594. The second-order valence-corrected chi connectivity index (χ2v) is 4.82. The Morgan fingerprint density at radius 3 is 3.06 bits per heavy atom. The van der Waals surface area contributed by atoms with Gasteiger partial charge in [0.05, 0.1) is 41.4 Å². The van der Waals surface area contributed by atoms with Gasteiger partial charge in [0.2, 0.25) is 5.70 Å². The summed E-state index contributed by atoms with van der Waals surface area (Å²) in [5, 5.41) is 8.64. The first-order chi connectivity index (χ1) is 7.54. The van der Waals surface area contributed by atoms with E-state index in [1.165, 1.54) is 0 Å². The summed E-state index contributed by atoms with van der Waals surface area (Å²) < 4.78 is 0.649. The van der Waals surface area contributed by atoms with E-state index in [1.807, 2.05) is 22.6 Å². The second-order valence-electron chi connectivity index (χ2n) is 3.32. The van der Waals surface area contributed by atoms with Crippen molar-refractivity contribution in [1.82, 2.24) is 0 Å². The van der Waals surface area contributed by atoms with E-state index in [2.05, 4.69) is 9.98 Å². The molecule has 5 nitrogen and oxygen atoms in total.